The molecule has 0 N–H and O–H groups in total. The van der Waals surface area contributed by atoms with E-state index in [4.69, 9.17) is 0 Å². The molecule has 0 atom stereocenters. The van der Waals surface area contributed by atoms with Gasteiger partial charge in [0.2, 0.25) is 0 Å². The summed E-state index contributed by atoms with van der Waals surface area (Å²) >= 11 is -3.21. The van der Waals surface area contributed by atoms with Gasteiger partial charge >= 0.3 is 145 Å². The van der Waals surface area contributed by atoms with Gasteiger partial charge in [-0.2, -0.15) is 0 Å². The van der Waals surface area contributed by atoms with Crippen molar-refractivity contribution in [1.82, 2.24) is 2.44 Å². The van der Waals surface area contributed by atoms with Crippen molar-refractivity contribution in [2.45, 2.75) is 101 Å². The third kappa shape index (κ3) is 3.90. The van der Waals surface area contributed by atoms with Crippen LogP contribution in [0.15, 0.2) is 0 Å². The Hall–Kier alpha value is 1.56. The van der Waals surface area contributed by atoms with Gasteiger partial charge in [-0.25, -0.2) is 0 Å². The Morgan fingerprint density at radius 3 is 0.750 bits per heavy atom. The Kier molecular flexibility index (Phi) is 5.46. The summed E-state index contributed by atoms with van der Waals surface area (Å²) in [5.74, 6) is 0. The van der Waals surface area contributed by atoms with Crippen LogP contribution in [0.25, 0.3) is 0 Å². The van der Waals surface area contributed by atoms with E-state index in [9.17, 15) is 0 Å². The van der Waals surface area contributed by atoms with Gasteiger partial charge in [-0.15, -0.1) is 0 Å². The average molecular weight is 500 g/mol. The minimum atomic E-state index is -1.61. The molecule has 1 rings (SSSR count). The summed E-state index contributed by atoms with van der Waals surface area (Å²) in [5, 5.41) is 0. The second kappa shape index (κ2) is 5.57. The van der Waals surface area contributed by atoms with Crippen molar-refractivity contribution in [3.63, 3.8) is 0 Å². The number of nitrogens with zero attached hydrogens (tertiary/aromatic N) is 2. The molecule has 2 nitrogen and oxygen atoms in total. The zero-order valence-corrected chi connectivity index (χ0v) is 20.9. The molecular weight excluding hydrogens is 464 g/mol. The molecule has 1 fully saturated rings. The van der Waals surface area contributed by atoms with Crippen molar-refractivity contribution in [1.29, 1.82) is 0 Å². The van der Waals surface area contributed by atoms with Gasteiger partial charge in [-0.3, -0.25) is 0 Å². The maximum atomic E-state index is 3.10. The zero-order chi connectivity index (χ0) is 16.3. The van der Waals surface area contributed by atoms with E-state index >= 15 is 0 Å². The minimum absolute atomic E-state index is 0.355. The van der Waals surface area contributed by atoms with Crippen LogP contribution in [0.5, 0.6) is 0 Å². The Labute approximate surface area is 144 Å². The summed E-state index contributed by atoms with van der Waals surface area (Å²) in [7, 11) is 0. The van der Waals surface area contributed by atoms with Gasteiger partial charge in [0.1, 0.15) is 0 Å². The molecule has 0 spiro atoms. The van der Waals surface area contributed by atoms with Crippen LogP contribution in [-0.2, 0) is 0 Å². The molecule has 0 unspecified atom stereocenters. The molecule has 0 bridgehead atoms. The third-order valence-corrected chi connectivity index (χ3v) is 33.9. The molecule has 0 aliphatic carbocycles. The van der Waals surface area contributed by atoms with E-state index in [0.29, 0.717) is 17.8 Å². The van der Waals surface area contributed by atoms with Gasteiger partial charge in [0, 0.05) is 0 Å². The van der Waals surface area contributed by atoms with Crippen molar-refractivity contribution < 1.29 is 0 Å². The Morgan fingerprint density at radius 1 is 0.450 bits per heavy atom. The summed E-state index contributed by atoms with van der Waals surface area (Å²) in [6.07, 6.45) is 0. The van der Waals surface area contributed by atoms with E-state index in [1.54, 1.807) is 0 Å². The second-order valence-corrected chi connectivity index (χ2v) is 31.0. The van der Waals surface area contributed by atoms with Crippen molar-refractivity contribution in [2.75, 3.05) is 0 Å². The van der Waals surface area contributed by atoms with E-state index in [-0.39, 0.29) is 0 Å². The van der Waals surface area contributed by atoms with E-state index in [0.717, 1.165) is 0 Å². The molecule has 1 saturated heterocycles. The van der Waals surface area contributed by atoms with Crippen LogP contribution in [-0.4, -0.2) is 55.0 Å². The van der Waals surface area contributed by atoms with Crippen LogP contribution < -0.4 is 0 Å². The summed E-state index contributed by atoms with van der Waals surface area (Å²) < 4.78 is 7.16. The summed E-state index contributed by atoms with van der Waals surface area (Å²) in [4.78, 5) is 0. The molecule has 0 amide bonds. The van der Waals surface area contributed by atoms with Crippen LogP contribution in [0.3, 0.4) is 0 Å². The summed E-state index contributed by atoms with van der Waals surface area (Å²) in [6, 6.07) is 0. The standard InChI is InChI=1S/2C4H9N.2C4H9.2Sb/c2*1-4(2,3)5;2*1-4(2)3;;/h2*1-3H3;2*1-3H3;;. The SMILES string of the molecule is CC(C)(C)[N]1[Sb]([C](C)(C)C)[N](C(C)(C)C)[Sb]1[C](C)(C)C. The summed E-state index contributed by atoms with van der Waals surface area (Å²) in [6.45, 7) is 29.5. The fourth-order valence-corrected chi connectivity index (χ4v) is 47.1. The van der Waals surface area contributed by atoms with Crippen LogP contribution in [0, 0.1) is 0 Å². The zero-order valence-electron chi connectivity index (χ0n) is 15.8. The predicted octanol–water partition coefficient (Wildman–Crippen LogP) is 4.78. The fourth-order valence-electron chi connectivity index (χ4n) is 2.56. The number of hydrogen-bond donors (Lipinski definition) is 0. The van der Waals surface area contributed by atoms with E-state index in [1.807, 2.05) is 0 Å². The first-order chi connectivity index (χ1) is 8.49. The van der Waals surface area contributed by atoms with Gasteiger partial charge < -0.3 is 0 Å². The molecule has 0 aromatic heterocycles. The van der Waals surface area contributed by atoms with Gasteiger partial charge in [-0.1, -0.05) is 0 Å². The molecule has 0 radical (unpaired) electrons. The molecule has 4 heteroatoms. The quantitative estimate of drug-likeness (QED) is 0.443. The topological polar surface area (TPSA) is 6.48 Å². The van der Waals surface area contributed by atoms with E-state index in [1.165, 1.54) is 0 Å². The van der Waals surface area contributed by atoms with E-state index in [2.05, 4.69) is 85.5 Å². The van der Waals surface area contributed by atoms with Crippen molar-refractivity contribution >= 4 is 41.5 Å². The van der Waals surface area contributed by atoms with Crippen molar-refractivity contribution in [3.05, 3.63) is 0 Å². The molecule has 120 valence electrons. The predicted molar refractivity (Wildman–Crippen MR) is 94.1 cm³/mol. The number of rotatable bonds is 0. The normalized spacial score (nSPS) is 22.2. The van der Waals surface area contributed by atoms with Crippen LogP contribution in [0.2, 0.25) is 6.72 Å². The van der Waals surface area contributed by atoms with Crippen LogP contribution in [0.4, 0.5) is 0 Å². The first kappa shape index (κ1) is 19.6. The Balaban J connectivity index is 3.33. The molecule has 1 aliphatic heterocycles. The molecule has 0 aromatic rings. The van der Waals surface area contributed by atoms with Gasteiger partial charge in [-0.05, 0) is 0 Å². The van der Waals surface area contributed by atoms with Gasteiger partial charge in [0.05, 0.1) is 0 Å². The molecule has 20 heavy (non-hydrogen) atoms. The molecule has 1 heterocycles. The number of hydrogen-bond acceptors (Lipinski definition) is 2. The Morgan fingerprint density at radius 2 is 0.650 bits per heavy atom. The molecule has 0 aromatic carbocycles. The van der Waals surface area contributed by atoms with Crippen molar-refractivity contribution in [3.8, 4) is 0 Å². The first-order valence-electron chi connectivity index (χ1n) is 7.69. The van der Waals surface area contributed by atoms with E-state index < -0.39 is 41.5 Å². The molecule has 1 aliphatic rings. The maximum absolute atomic E-state index is 3.10. The fraction of sp³-hybridized carbons (Fsp3) is 1.00. The summed E-state index contributed by atoms with van der Waals surface area (Å²) in [5.41, 5.74) is 0.710. The molecule has 0 saturated carbocycles. The van der Waals surface area contributed by atoms with Crippen molar-refractivity contribution in [2.24, 2.45) is 0 Å². The Bertz CT molecular complexity index is 273. The average Bonchev–Trinajstić information content (AvgIpc) is 1.86. The van der Waals surface area contributed by atoms with Crippen LogP contribution in [0.1, 0.15) is 83.1 Å². The van der Waals surface area contributed by atoms with Gasteiger partial charge in [0.25, 0.3) is 0 Å². The first-order valence-corrected chi connectivity index (χ1v) is 14.8. The monoisotopic (exact) mass is 498 g/mol. The second-order valence-electron chi connectivity index (χ2n) is 9.84. The van der Waals surface area contributed by atoms with Crippen LogP contribution >= 0.6 is 0 Å². The molecular formula is C16H36N2Sb2. The van der Waals surface area contributed by atoms with Gasteiger partial charge in [0.15, 0.2) is 0 Å². The third-order valence-electron chi connectivity index (χ3n) is 3.12.